The topological polar surface area (TPSA) is 122 Å². The molecule has 1 heterocycles. The van der Waals surface area contributed by atoms with Gasteiger partial charge in [-0.05, 0) is 12.0 Å². The number of phenols is 2. The van der Waals surface area contributed by atoms with Crippen LogP contribution in [0.2, 0.25) is 5.02 Å². The number of nitrogens with one attached hydrogen (secondary N) is 1. The number of hydrogen-bond donors (Lipinski definition) is 3. The Morgan fingerprint density at radius 1 is 1.39 bits per heavy atom. The minimum absolute atomic E-state index is 0.00979. The van der Waals surface area contributed by atoms with Crippen LogP contribution >= 0.6 is 23.1 Å². The van der Waals surface area contributed by atoms with Crippen LogP contribution < -0.4 is 5.32 Å². The maximum absolute atomic E-state index is 11.9. The van der Waals surface area contributed by atoms with E-state index in [1.807, 2.05) is 0 Å². The Morgan fingerprint density at radius 2 is 2.13 bits per heavy atom. The minimum Gasteiger partial charge on any atom is -0.507 e. The van der Waals surface area contributed by atoms with Gasteiger partial charge < -0.3 is 20.3 Å². The first-order chi connectivity index (χ1) is 10.9. The molecule has 0 fully saturated rings. The van der Waals surface area contributed by atoms with E-state index in [-0.39, 0.29) is 34.9 Å². The summed E-state index contributed by atoms with van der Waals surface area (Å²) in [6.45, 7) is 0. The molecule has 0 aliphatic heterocycles. The highest BCUT2D eigenvalue weighted by molar-refractivity contribution is 7.09. The number of phenolic OH excluding ortho intramolecular Hbond substituents is 2. The van der Waals surface area contributed by atoms with Gasteiger partial charge in [0.1, 0.15) is 23.4 Å². The van der Waals surface area contributed by atoms with E-state index in [0.717, 1.165) is 24.7 Å². The number of halogens is 1. The largest absolute Gasteiger partial charge is 0.507 e. The van der Waals surface area contributed by atoms with Crippen molar-refractivity contribution in [3.63, 3.8) is 0 Å². The first kappa shape index (κ1) is 17.0. The number of aromatic hydroxyl groups is 2. The summed E-state index contributed by atoms with van der Waals surface area (Å²) in [5.41, 5.74) is -0.0533. The maximum Gasteiger partial charge on any atom is 0.341 e. The second-order valence-corrected chi connectivity index (χ2v) is 5.53. The molecule has 0 saturated heterocycles. The van der Waals surface area contributed by atoms with Crippen molar-refractivity contribution in [2.75, 3.05) is 12.4 Å². The molecule has 0 radical (unpaired) electrons. The lowest BCUT2D eigenvalue weighted by Gasteiger charge is -2.13. The Balaban J connectivity index is 2.21. The Kier molecular flexibility index (Phi) is 5.35. The predicted molar refractivity (Wildman–Crippen MR) is 83.0 cm³/mol. The molecule has 2 aromatic rings. The second kappa shape index (κ2) is 7.25. The van der Waals surface area contributed by atoms with Gasteiger partial charge in [0, 0.05) is 24.0 Å². The van der Waals surface area contributed by atoms with E-state index < -0.39 is 17.5 Å². The van der Waals surface area contributed by atoms with E-state index >= 15 is 0 Å². The fourth-order valence-corrected chi connectivity index (χ4v) is 2.59. The normalized spacial score (nSPS) is 10.3. The first-order valence-corrected chi connectivity index (χ1v) is 7.47. The molecule has 10 heteroatoms. The van der Waals surface area contributed by atoms with Crippen molar-refractivity contribution in [2.45, 2.75) is 12.8 Å². The molecular weight excluding hydrogens is 346 g/mol. The van der Waals surface area contributed by atoms with Crippen LogP contribution in [0.5, 0.6) is 11.5 Å². The number of rotatable bonds is 5. The Morgan fingerprint density at radius 3 is 2.74 bits per heavy atom. The van der Waals surface area contributed by atoms with Crippen LogP contribution in [-0.2, 0) is 16.0 Å². The summed E-state index contributed by atoms with van der Waals surface area (Å²) in [4.78, 5) is 27.5. The van der Waals surface area contributed by atoms with Crippen molar-refractivity contribution in [1.29, 1.82) is 0 Å². The van der Waals surface area contributed by atoms with Gasteiger partial charge in [-0.3, -0.25) is 4.79 Å². The highest BCUT2D eigenvalue weighted by atomic mass is 35.5. The van der Waals surface area contributed by atoms with Crippen LogP contribution in [0.4, 0.5) is 5.13 Å². The van der Waals surface area contributed by atoms with Crippen molar-refractivity contribution in [3.8, 4) is 11.5 Å². The number of esters is 1. The summed E-state index contributed by atoms with van der Waals surface area (Å²) < 4.78 is 8.33. The van der Waals surface area contributed by atoms with E-state index in [9.17, 15) is 19.8 Å². The van der Waals surface area contributed by atoms with Crippen molar-refractivity contribution in [1.82, 2.24) is 9.36 Å². The van der Waals surface area contributed by atoms with Crippen LogP contribution in [0, 0.1) is 0 Å². The molecule has 0 spiro atoms. The Bertz CT molecular complexity index is 736. The fraction of sp³-hybridized carbons (Fsp3) is 0.231. The summed E-state index contributed by atoms with van der Waals surface area (Å²) in [6, 6.07) is 0.944. The van der Waals surface area contributed by atoms with Gasteiger partial charge in [-0.25, -0.2) is 9.78 Å². The van der Waals surface area contributed by atoms with E-state index in [2.05, 4.69) is 19.4 Å². The average molecular weight is 358 g/mol. The molecule has 0 bridgehead atoms. The molecule has 1 aromatic carbocycles. The fourth-order valence-electron chi connectivity index (χ4n) is 1.90. The zero-order valence-corrected chi connectivity index (χ0v) is 13.4. The van der Waals surface area contributed by atoms with Crippen molar-refractivity contribution < 1.29 is 24.5 Å². The highest BCUT2D eigenvalue weighted by Crippen LogP contribution is 2.37. The summed E-state index contributed by atoms with van der Waals surface area (Å²) in [5.74, 6) is -2.06. The number of benzene rings is 1. The van der Waals surface area contributed by atoms with Gasteiger partial charge >= 0.3 is 5.97 Å². The third-order valence-electron chi connectivity index (χ3n) is 2.92. The lowest BCUT2D eigenvalue weighted by Crippen LogP contribution is -2.14. The van der Waals surface area contributed by atoms with Crippen molar-refractivity contribution in [3.05, 3.63) is 28.5 Å². The van der Waals surface area contributed by atoms with Gasteiger partial charge in [-0.1, -0.05) is 11.6 Å². The van der Waals surface area contributed by atoms with Crippen molar-refractivity contribution >= 4 is 40.1 Å². The lowest BCUT2D eigenvalue weighted by molar-refractivity contribution is -0.116. The first-order valence-electron chi connectivity index (χ1n) is 6.32. The number of hydrogen-bond acceptors (Lipinski definition) is 8. The van der Waals surface area contributed by atoms with Crippen LogP contribution in [-0.4, -0.2) is 38.6 Å². The molecule has 1 aromatic heterocycles. The number of methoxy groups -OCH3 is 1. The highest BCUT2D eigenvalue weighted by Gasteiger charge is 2.23. The van der Waals surface area contributed by atoms with E-state index in [1.165, 1.54) is 6.33 Å². The number of amides is 1. The van der Waals surface area contributed by atoms with Gasteiger partial charge in [-0.2, -0.15) is 4.37 Å². The Hall–Kier alpha value is -2.39. The summed E-state index contributed by atoms with van der Waals surface area (Å²) in [5, 5.41) is 22.3. The zero-order valence-electron chi connectivity index (χ0n) is 11.9. The molecule has 23 heavy (non-hydrogen) atoms. The molecular formula is C13H12ClN3O5S. The number of aromatic nitrogens is 2. The number of carbonyl (C=O) groups is 2. The summed E-state index contributed by atoms with van der Waals surface area (Å²) in [7, 11) is 1.15. The second-order valence-electron chi connectivity index (χ2n) is 4.37. The molecule has 0 saturated carbocycles. The molecule has 3 N–H and O–H groups in total. The van der Waals surface area contributed by atoms with Crippen LogP contribution in [0.1, 0.15) is 22.3 Å². The minimum atomic E-state index is -0.816. The molecule has 2 rings (SSSR count). The average Bonchev–Trinajstić information content (AvgIpc) is 3.01. The molecule has 8 nitrogen and oxygen atoms in total. The molecule has 0 unspecified atom stereocenters. The lowest BCUT2D eigenvalue weighted by atomic mass is 10.0. The third kappa shape index (κ3) is 3.88. The van der Waals surface area contributed by atoms with Crippen LogP contribution in [0.3, 0.4) is 0 Å². The number of ether oxygens (including phenoxy) is 1. The smallest absolute Gasteiger partial charge is 0.341 e. The number of anilines is 1. The van der Waals surface area contributed by atoms with Gasteiger partial charge in [0.15, 0.2) is 0 Å². The Labute approximate surface area is 139 Å². The number of carbonyl (C=O) groups excluding carboxylic acids is 2. The summed E-state index contributed by atoms with van der Waals surface area (Å²) >= 11 is 7.00. The molecule has 0 aliphatic rings. The summed E-state index contributed by atoms with van der Waals surface area (Å²) in [6.07, 6.45) is 1.27. The van der Waals surface area contributed by atoms with Crippen LogP contribution in [0.15, 0.2) is 12.4 Å². The van der Waals surface area contributed by atoms with Gasteiger partial charge in [0.2, 0.25) is 11.0 Å². The molecule has 0 atom stereocenters. The number of nitrogens with zero attached hydrogens (tertiary/aromatic N) is 2. The van der Waals surface area contributed by atoms with Gasteiger partial charge in [0.05, 0.1) is 12.1 Å². The molecule has 0 aliphatic carbocycles. The van der Waals surface area contributed by atoms with Crippen molar-refractivity contribution in [2.24, 2.45) is 0 Å². The van der Waals surface area contributed by atoms with Gasteiger partial charge in [0.25, 0.3) is 0 Å². The molecule has 122 valence electrons. The SMILES string of the molecule is COC(=O)c1c(O)cc(O)c(Cl)c1CCC(=O)Nc1ncns1. The quantitative estimate of drug-likeness (QED) is 0.699. The predicted octanol–water partition coefficient (Wildman–Crippen LogP) is 1.96. The van der Waals surface area contributed by atoms with E-state index in [4.69, 9.17) is 11.6 Å². The van der Waals surface area contributed by atoms with Gasteiger partial charge in [-0.15, -0.1) is 0 Å². The third-order valence-corrected chi connectivity index (χ3v) is 3.92. The maximum atomic E-state index is 11.9. The monoisotopic (exact) mass is 357 g/mol. The van der Waals surface area contributed by atoms with E-state index in [1.54, 1.807) is 0 Å². The standard InChI is InChI=1S/C13H12ClN3O5S/c1-22-12(21)10-6(11(14)8(19)4-7(10)18)2-3-9(20)17-13-15-5-16-23-13/h4-5,18-19H,2-3H2,1H3,(H,15,16,17,20). The zero-order chi connectivity index (χ0) is 17.0. The van der Waals surface area contributed by atoms with Crippen LogP contribution in [0.25, 0.3) is 0 Å². The molecule has 1 amide bonds. The van der Waals surface area contributed by atoms with E-state index in [0.29, 0.717) is 5.13 Å².